The number of nitriles is 1. The Hall–Kier alpha value is -4.39. The summed E-state index contributed by atoms with van der Waals surface area (Å²) in [5.41, 5.74) is 8.50. The van der Waals surface area contributed by atoms with Gasteiger partial charge in [-0.1, -0.05) is 12.1 Å². The fourth-order valence-corrected chi connectivity index (χ4v) is 3.57. The number of nitrogens with zero attached hydrogens (tertiary/aromatic N) is 4. The van der Waals surface area contributed by atoms with Gasteiger partial charge in [-0.2, -0.15) is 10.4 Å². The summed E-state index contributed by atoms with van der Waals surface area (Å²) in [6.07, 6.45) is 1.08. The summed E-state index contributed by atoms with van der Waals surface area (Å²) in [5.74, 6) is -0.904. The average Bonchev–Trinajstić information content (AvgIpc) is 3.31. The van der Waals surface area contributed by atoms with Crippen molar-refractivity contribution in [3.8, 4) is 11.8 Å². The number of anilines is 1. The Morgan fingerprint density at radius 3 is 2.73 bits per heavy atom. The number of fused-ring (bicyclic) bond motifs is 1. The Kier molecular flexibility index (Phi) is 6.22. The van der Waals surface area contributed by atoms with Crippen molar-refractivity contribution in [3.63, 3.8) is 0 Å². The van der Waals surface area contributed by atoms with Crippen LogP contribution in [0.25, 0.3) is 16.8 Å². The first-order valence-corrected chi connectivity index (χ1v) is 10.4. The number of amides is 1. The lowest BCUT2D eigenvalue weighted by Crippen LogP contribution is -2.27. The van der Waals surface area contributed by atoms with Gasteiger partial charge in [-0.3, -0.25) is 9.36 Å². The molecule has 10 heteroatoms. The molecule has 0 saturated heterocycles. The van der Waals surface area contributed by atoms with Gasteiger partial charge in [-0.05, 0) is 49.2 Å². The van der Waals surface area contributed by atoms with Crippen LogP contribution in [0.3, 0.4) is 0 Å². The molecule has 0 bridgehead atoms. The van der Waals surface area contributed by atoms with E-state index in [-0.39, 0.29) is 36.1 Å². The number of oxazole rings is 1. The molecule has 2 aromatic carbocycles. The summed E-state index contributed by atoms with van der Waals surface area (Å²) in [5, 5.41) is 16.7. The van der Waals surface area contributed by atoms with Gasteiger partial charge >= 0.3 is 5.76 Å². The molecule has 0 saturated carbocycles. The van der Waals surface area contributed by atoms with Crippen molar-refractivity contribution < 1.29 is 13.6 Å². The molecule has 168 valence electrons. The SMILES string of the molecule is N#Cc1c(CCCNC(=O)CCn2c(=O)oc3ccccc32)nn(-c2ccc(F)cc2)c1N. The van der Waals surface area contributed by atoms with E-state index in [0.717, 1.165) is 0 Å². The van der Waals surface area contributed by atoms with Crippen LogP contribution in [0.1, 0.15) is 24.1 Å². The smallest absolute Gasteiger partial charge is 0.408 e. The first kappa shape index (κ1) is 21.8. The Labute approximate surface area is 187 Å². The molecule has 0 atom stereocenters. The molecular weight excluding hydrogens is 427 g/mol. The topological polar surface area (TPSA) is 132 Å². The fourth-order valence-electron chi connectivity index (χ4n) is 3.57. The summed E-state index contributed by atoms with van der Waals surface area (Å²) in [7, 11) is 0. The zero-order valence-corrected chi connectivity index (χ0v) is 17.6. The molecule has 0 unspecified atom stereocenters. The third-order valence-electron chi connectivity index (χ3n) is 5.23. The van der Waals surface area contributed by atoms with Gasteiger partial charge in [-0.15, -0.1) is 0 Å². The van der Waals surface area contributed by atoms with Gasteiger partial charge in [0, 0.05) is 19.5 Å². The second-order valence-corrected chi connectivity index (χ2v) is 7.40. The molecule has 0 aliphatic heterocycles. The van der Waals surface area contributed by atoms with Crippen LogP contribution < -0.4 is 16.8 Å². The summed E-state index contributed by atoms with van der Waals surface area (Å²) in [6, 6.07) is 14.7. The second kappa shape index (κ2) is 9.40. The molecule has 2 aromatic heterocycles. The van der Waals surface area contributed by atoms with E-state index in [4.69, 9.17) is 10.2 Å². The zero-order chi connectivity index (χ0) is 23.4. The third-order valence-corrected chi connectivity index (χ3v) is 5.23. The summed E-state index contributed by atoms with van der Waals surface area (Å²) >= 11 is 0. The molecule has 0 aliphatic carbocycles. The third kappa shape index (κ3) is 4.62. The van der Waals surface area contributed by atoms with Crippen molar-refractivity contribution in [3.05, 3.63) is 76.2 Å². The number of halogens is 1. The molecule has 0 fully saturated rings. The number of benzene rings is 2. The van der Waals surface area contributed by atoms with E-state index >= 15 is 0 Å². The minimum atomic E-state index is -0.498. The maximum Gasteiger partial charge on any atom is 0.419 e. The van der Waals surface area contributed by atoms with E-state index < -0.39 is 5.76 Å². The van der Waals surface area contributed by atoms with Gasteiger partial charge in [0.1, 0.15) is 23.3 Å². The molecule has 33 heavy (non-hydrogen) atoms. The summed E-state index contributed by atoms with van der Waals surface area (Å²) in [4.78, 5) is 24.2. The maximum atomic E-state index is 13.2. The Bertz CT molecular complexity index is 1390. The highest BCUT2D eigenvalue weighted by molar-refractivity contribution is 5.76. The van der Waals surface area contributed by atoms with Crippen LogP contribution in [0.2, 0.25) is 0 Å². The number of carbonyl (C=O) groups excluding carboxylic acids is 1. The molecule has 0 radical (unpaired) electrons. The van der Waals surface area contributed by atoms with Crippen LogP contribution in [0.15, 0.2) is 57.7 Å². The number of nitrogen functional groups attached to an aromatic ring is 1. The van der Waals surface area contributed by atoms with E-state index in [1.54, 1.807) is 24.3 Å². The highest BCUT2D eigenvalue weighted by atomic mass is 19.1. The van der Waals surface area contributed by atoms with E-state index in [2.05, 4.69) is 16.5 Å². The van der Waals surface area contributed by atoms with Crippen LogP contribution in [-0.4, -0.2) is 26.8 Å². The van der Waals surface area contributed by atoms with Gasteiger partial charge in [0.2, 0.25) is 5.91 Å². The van der Waals surface area contributed by atoms with E-state index in [1.165, 1.54) is 33.5 Å². The molecule has 0 aliphatic rings. The maximum absolute atomic E-state index is 13.2. The number of aromatic nitrogens is 3. The molecule has 3 N–H and O–H groups in total. The standard InChI is InChI=1S/C23H21FN6O3/c24-15-7-9-16(10-8-15)30-22(26)17(14-25)18(28-30)4-3-12-27-21(31)11-13-29-19-5-1-2-6-20(19)33-23(29)32/h1-2,5-10H,3-4,11-13,26H2,(H,27,31). The first-order chi connectivity index (χ1) is 16.0. The number of hydrogen-bond acceptors (Lipinski definition) is 6. The summed E-state index contributed by atoms with van der Waals surface area (Å²) < 4.78 is 21.2. The fraction of sp³-hybridized carbons (Fsp3) is 0.217. The number of hydrogen-bond donors (Lipinski definition) is 2. The van der Waals surface area contributed by atoms with Crippen molar-refractivity contribution in [2.75, 3.05) is 12.3 Å². The van der Waals surface area contributed by atoms with Gasteiger partial charge in [-0.25, -0.2) is 13.9 Å². The van der Waals surface area contributed by atoms with Gasteiger partial charge in [0.15, 0.2) is 5.58 Å². The minimum absolute atomic E-state index is 0.124. The number of nitrogens with two attached hydrogens (primary N) is 1. The van der Waals surface area contributed by atoms with Crippen LogP contribution in [0, 0.1) is 17.1 Å². The van der Waals surface area contributed by atoms with Gasteiger partial charge in [0.25, 0.3) is 0 Å². The number of nitrogens with one attached hydrogen (secondary N) is 1. The van der Waals surface area contributed by atoms with Crippen LogP contribution in [0.5, 0.6) is 0 Å². The average molecular weight is 448 g/mol. The molecule has 4 rings (SSSR count). The van der Waals surface area contributed by atoms with Crippen LogP contribution in [-0.2, 0) is 17.8 Å². The molecule has 1 amide bonds. The normalized spacial score (nSPS) is 10.9. The molecule has 9 nitrogen and oxygen atoms in total. The van der Waals surface area contributed by atoms with Crippen LogP contribution >= 0.6 is 0 Å². The quantitative estimate of drug-likeness (QED) is 0.398. The van der Waals surface area contributed by atoms with E-state index in [9.17, 15) is 19.2 Å². The largest absolute Gasteiger partial charge is 0.419 e. The first-order valence-electron chi connectivity index (χ1n) is 10.4. The number of carbonyl (C=O) groups is 1. The summed E-state index contributed by atoms with van der Waals surface area (Å²) in [6.45, 7) is 0.576. The molecular formula is C23H21FN6O3. The van der Waals surface area contributed by atoms with Crippen molar-refractivity contribution in [2.45, 2.75) is 25.8 Å². The molecule has 0 spiro atoms. The molecule has 2 heterocycles. The highest BCUT2D eigenvalue weighted by Gasteiger charge is 2.16. The lowest BCUT2D eigenvalue weighted by atomic mass is 10.1. The Morgan fingerprint density at radius 1 is 1.21 bits per heavy atom. The lowest BCUT2D eigenvalue weighted by molar-refractivity contribution is -0.121. The lowest BCUT2D eigenvalue weighted by Gasteiger charge is -2.05. The van der Waals surface area contributed by atoms with Crippen molar-refractivity contribution >= 4 is 22.8 Å². The van der Waals surface area contributed by atoms with Crippen molar-refractivity contribution in [1.29, 1.82) is 5.26 Å². The molecule has 4 aromatic rings. The minimum Gasteiger partial charge on any atom is -0.408 e. The van der Waals surface area contributed by atoms with Gasteiger partial charge < -0.3 is 15.5 Å². The Balaban J connectivity index is 1.31. The van der Waals surface area contributed by atoms with Crippen LogP contribution in [0.4, 0.5) is 10.2 Å². The Morgan fingerprint density at radius 2 is 1.97 bits per heavy atom. The number of aryl methyl sites for hydroxylation is 2. The predicted molar refractivity (Wildman–Crippen MR) is 119 cm³/mol. The second-order valence-electron chi connectivity index (χ2n) is 7.40. The van der Waals surface area contributed by atoms with Crippen molar-refractivity contribution in [2.24, 2.45) is 0 Å². The monoisotopic (exact) mass is 448 g/mol. The van der Waals surface area contributed by atoms with E-state index in [1.807, 2.05) is 0 Å². The van der Waals surface area contributed by atoms with Crippen molar-refractivity contribution in [1.82, 2.24) is 19.7 Å². The van der Waals surface area contributed by atoms with Gasteiger partial charge in [0.05, 0.1) is 16.9 Å². The number of para-hydroxylation sites is 2. The zero-order valence-electron chi connectivity index (χ0n) is 17.6. The van der Waals surface area contributed by atoms with E-state index in [0.29, 0.717) is 41.9 Å². The highest BCUT2D eigenvalue weighted by Crippen LogP contribution is 2.21. The predicted octanol–water partition coefficient (Wildman–Crippen LogP) is 2.51. The number of rotatable bonds is 8.